The van der Waals surface area contributed by atoms with Gasteiger partial charge in [0.2, 0.25) is 0 Å². The van der Waals surface area contributed by atoms with Crippen molar-refractivity contribution in [1.29, 1.82) is 0 Å². The van der Waals surface area contributed by atoms with Gasteiger partial charge in [0.05, 0.1) is 11.3 Å². The lowest BCUT2D eigenvalue weighted by molar-refractivity contribution is 0.102. The van der Waals surface area contributed by atoms with Crippen molar-refractivity contribution in [2.45, 2.75) is 4.90 Å². The van der Waals surface area contributed by atoms with Crippen molar-refractivity contribution in [3.8, 4) is 5.75 Å². The molecule has 2 aromatic rings. The van der Waals surface area contributed by atoms with Crippen LogP contribution in [0.3, 0.4) is 0 Å². The minimum absolute atomic E-state index is 0.159. The molecular weight excluding hydrogens is 284 g/mol. The molecule has 21 heavy (non-hydrogen) atoms. The van der Waals surface area contributed by atoms with Crippen molar-refractivity contribution in [3.63, 3.8) is 0 Å². The van der Waals surface area contributed by atoms with Crippen LogP contribution in [0.4, 0.5) is 11.4 Å². The van der Waals surface area contributed by atoms with Gasteiger partial charge in [0, 0.05) is 17.1 Å². The molecule has 0 saturated carbocycles. The Labute approximate surface area is 127 Å². The zero-order chi connectivity index (χ0) is 14.7. The van der Waals surface area contributed by atoms with Gasteiger partial charge >= 0.3 is 0 Å². The summed E-state index contributed by atoms with van der Waals surface area (Å²) in [5.74, 6) is 0.469. The minimum atomic E-state index is -0.159. The highest BCUT2D eigenvalue weighted by Crippen LogP contribution is 2.31. The number of fused-ring (bicyclic) bond motifs is 1. The Morgan fingerprint density at radius 1 is 1.29 bits per heavy atom. The highest BCUT2D eigenvalue weighted by molar-refractivity contribution is 7.98. The van der Waals surface area contributed by atoms with Crippen LogP contribution in [0.1, 0.15) is 10.4 Å². The first-order chi connectivity index (χ1) is 10.3. The maximum absolute atomic E-state index is 12.5. The lowest BCUT2D eigenvalue weighted by Crippen LogP contribution is -2.21. The highest BCUT2D eigenvalue weighted by atomic mass is 32.2. The molecule has 0 aromatic heterocycles. The maximum atomic E-state index is 12.5. The maximum Gasteiger partial charge on any atom is 0.259 e. The third-order valence-corrected chi connectivity index (χ3v) is 3.98. The number of para-hydroxylation sites is 1. The van der Waals surface area contributed by atoms with Gasteiger partial charge in [-0.1, -0.05) is 12.1 Å². The van der Waals surface area contributed by atoms with Gasteiger partial charge in [0.1, 0.15) is 6.61 Å². The molecule has 0 atom stereocenters. The molecule has 1 amide bonds. The van der Waals surface area contributed by atoms with Crippen LogP contribution in [0.5, 0.6) is 5.75 Å². The molecule has 2 aromatic carbocycles. The average molecular weight is 300 g/mol. The molecule has 1 aliphatic heterocycles. The van der Waals surface area contributed by atoms with Crippen LogP contribution in [-0.2, 0) is 0 Å². The molecule has 0 spiro atoms. The van der Waals surface area contributed by atoms with Gasteiger partial charge in [-0.15, -0.1) is 11.8 Å². The second kappa shape index (κ2) is 6.10. The van der Waals surface area contributed by atoms with Crippen LogP contribution in [0.2, 0.25) is 0 Å². The van der Waals surface area contributed by atoms with Crippen LogP contribution in [0.25, 0.3) is 0 Å². The zero-order valence-electron chi connectivity index (χ0n) is 11.7. The van der Waals surface area contributed by atoms with Crippen molar-refractivity contribution in [3.05, 3.63) is 48.0 Å². The normalized spacial score (nSPS) is 12.8. The molecule has 1 aliphatic rings. The first kappa shape index (κ1) is 13.8. The topological polar surface area (TPSA) is 50.4 Å². The number of amides is 1. The molecule has 2 N–H and O–H groups in total. The molecule has 5 heteroatoms. The van der Waals surface area contributed by atoms with Gasteiger partial charge in [0.15, 0.2) is 5.75 Å². The predicted molar refractivity (Wildman–Crippen MR) is 86.6 cm³/mol. The molecule has 0 bridgehead atoms. The van der Waals surface area contributed by atoms with Gasteiger partial charge in [-0.05, 0) is 36.6 Å². The molecule has 0 radical (unpaired) electrons. The van der Waals surface area contributed by atoms with E-state index in [1.165, 1.54) is 0 Å². The second-order valence-corrected chi connectivity index (χ2v) is 5.52. The number of hydrogen-bond donors (Lipinski definition) is 2. The second-order valence-electron chi connectivity index (χ2n) is 4.64. The fourth-order valence-corrected chi connectivity index (χ4v) is 2.71. The Morgan fingerprint density at radius 2 is 2.14 bits per heavy atom. The van der Waals surface area contributed by atoms with Gasteiger partial charge < -0.3 is 15.4 Å². The monoisotopic (exact) mass is 300 g/mol. The molecule has 0 unspecified atom stereocenters. The Balaban J connectivity index is 1.85. The van der Waals surface area contributed by atoms with Crippen molar-refractivity contribution < 1.29 is 9.53 Å². The third-order valence-electron chi connectivity index (χ3n) is 3.25. The smallest absolute Gasteiger partial charge is 0.259 e. The molecule has 0 saturated heterocycles. The SMILES string of the molecule is CSc1cccc(NC(=O)c2cccc3c2OCCN3)c1. The molecule has 108 valence electrons. The van der Waals surface area contributed by atoms with Crippen LogP contribution in [-0.4, -0.2) is 25.3 Å². The fraction of sp³-hybridized carbons (Fsp3) is 0.188. The fourth-order valence-electron chi connectivity index (χ4n) is 2.25. The van der Waals surface area contributed by atoms with Crippen LogP contribution in [0.15, 0.2) is 47.4 Å². The molecule has 0 fully saturated rings. The van der Waals surface area contributed by atoms with Crippen molar-refractivity contribution in [1.82, 2.24) is 0 Å². The van der Waals surface area contributed by atoms with E-state index in [2.05, 4.69) is 10.6 Å². The molecule has 0 aliphatic carbocycles. The summed E-state index contributed by atoms with van der Waals surface area (Å²) in [5, 5.41) is 6.15. The quantitative estimate of drug-likeness (QED) is 0.852. The number of carbonyl (C=O) groups excluding carboxylic acids is 1. The molecular formula is C16H16N2O2S. The summed E-state index contributed by atoms with van der Waals surface area (Å²) < 4.78 is 5.63. The highest BCUT2D eigenvalue weighted by Gasteiger charge is 2.19. The van der Waals surface area contributed by atoms with E-state index in [0.29, 0.717) is 17.9 Å². The van der Waals surface area contributed by atoms with Gasteiger partial charge in [-0.25, -0.2) is 0 Å². The van der Waals surface area contributed by atoms with E-state index < -0.39 is 0 Å². The summed E-state index contributed by atoms with van der Waals surface area (Å²) >= 11 is 1.64. The minimum Gasteiger partial charge on any atom is -0.489 e. The van der Waals surface area contributed by atoms with Crippen LogP contribution >= 0.6 is 11.8 Å². The zero-order valence-corrected chi connectivity index (χ0v) is 12.5. The lowest BCUT2D eigenvalue weighted by Gasteiger charge is -2.21. The summed E-state index contributed by atoms with van der Waals surface area (Å²) in [6, 6.07) is 13.3. The van der Waals surface area contributed by atoms with Crippen molar-refractivity contribution >= 4 is 29.0 Å². The van der Waals surface area contributed by atoms with Crippen LogP contribution in [0, 0.1) is 0 Å². The standard InChI is InChI=1S/C16H16N2O2S/c1-21-12-5-2-4-11(10-12)18-16(19)13-6-3-7-14-15(13)20-9-8-17-14/h2-7,10,17H,8-9H2,1H3,(H,18,19). The first-order valence-electron chi connectivity index (χ1n) is 6.73. The van der Waals surface area contributed by atoms with E-state index in [9.17, 15) is 4.79 Å². The first-order valence-corrected chi connectivity index (χ1v) is 7.95. The summed E-state index contributed by atoms with van der Waals surface area (Å²) in [4.78, 5) is 13.6. The van der Waals surface area contributed by atoms with Crippen LogP contribution < -0.4 is 15.4 Å². The Kier molecular flexibility index (Phi) is 4.01. The Bertz CT molecular complexity index is 673. The molecule has 3 rings (SSSR count). The van der Waals surface area contributed by atoms with E-state index in [-0.39, 0.29) is 5.91 Å². The molecule has 1 heterocycles. The lowest BCUT2D eigenvalue weighted by atomic mass is 10.1. The largest absolute Gasteiger partial charge is 0.489 e. The number of ether oxygens (including phenoxy) is 1. The van der Waals surface area contributed by atoms with Crippen molar-refractivity contribution in [2.24, 2.45) is 0 Å². The summed E-state index contributed by atoms with van der Waals surface area (Å²) in [7, 11) is 0. The van der Waals surface area contributed by atoms with Gasteiger partial charge in [-0.2, -0.15) is 0 Å². The number of nitrogens with one attached hydrogen (secondary N) is 2. The molecule has 4 nitrogen and oxygen atoms in total. The van der Waals surface area contributed by atoms with E-state index in [1.807, 2.05) is 42.7 Å². The number of benzene rings is 2. The summed E-state index contributed by atoms with van der Waals surface area (Å²) in [6.07, 6.45) is 2.01. The third kappa shape index (κ3) is 2.97. The number of anilines is 2. The van der Waals surface area contributed by atoms with E-state index >= 15 is 0 Å². The van der Waals surface area contributed by atoms with E-state index in [4.69, 9.17) is 4.74 Å². The number of hydrogen-bond acceptors (Lipinski definition) is 4. The number of rotatable bonds is 3. The van der Waals surface area contributed by atoms with E-state index in [0.717, 1.165) is 22.8 Å². The average Bonchev–Trinajstić information content (AvgIpc) is 2.54. The summed E-state index contributed by atoms with van der Waals surface area (Å²) in [6.45, 7) is 1.33. The Morgan fingerprint density at radius 3 is 3.00 bits per heavy atom. The Hall–Kier alpha value is -2.14. The summed E-state index contributed by atoms with van der Waals surface area (Å²) in [5.41, 5.74) is 2.20. The van der Waals surface area contributed by atoms with Gasteiger partial charge in [0.25, 0.3) is 5.91 Å². The van der Waals surface area contributed by atoms with E-state index in [1.54, 1.807) is 17.8 Å². The number of carbonyl (C=O) groups is 1. The predicted octanol–water partition coefficient (Wildman–Crippen LogP) is 3.47. The van der Waals surface area contributed by atoms with Crippen molar-refractivity contribution in [2.75, 3.05) is 30.0 Å². The number of thioether (sulfide) groups is 1. The van der Waals surface area contributed by atoms with Gasteiger partial charge in [-0.3, -0.25) is 4.79 Å².